The minimum absolute atomic E-state index is 0.620. The summed E-state index contributed by atoms with van der Waals surface area (Å²) in [6.07, 6.45) is 16.6. The third-order valence-electron chi connectivity index (χ3n) is 4.38. The Morgan fingerprint density at radius 3 is 1.04 bits per heavy atom. The molecule has 0 aliphatic carbocycles. The van der Waals surface area contributed by atoms with Gasteiger partial charge in [0.2, 0.25) is 0 Å². The zero-order valence-electron chi connectivity index (χ0n) is 14.8. The fourth-order valence-corrected chi connectivity index (χ4v) is 3.09. The Hall–Kier alpha value is -1.12. The van der Waals surface area contributed by atoms with E-state index in [1.165, 1.54) is 0 Å². The second-order valence-electron chi connectivity index (χ2n) is 6.69. The average molecular weight is 321 g/mol. The van der Waals surface area contributed by atoms with Gasteiger partial charge in [-0.2, -0.15) is 0 Å². The number of aliphatic hydroxyl groups is 2. The monoisotopic (exact) mass is 320 g/mol. The van der Waals surface area contributed by atoms with Crippen LogP contribution in [0.25, 0.3) is 0 Å². The zero-order valence-corrected chi connectivity index (χ0v) is 14.8. The highest BCUT2D eigenvalue weighted by atomic mass is 16.3. The van der Waals surface area contributed by atoms with Crippen molar-refractivity contribution >= 4 is 0 Å². The highest BCUT2D eigenvalue weighted by Gasteiger charge is 2.23. The van der Waals surface area contributed by atoms with E-state index in [1.54, 1.807) is 24.3 Å². The molecule has 0 aromatic carbocycles. The van der Waals surface area contributed by atoms with Crippen LogP contribution in [0, 0.1) is 0 Å². The van der Waals surface area contributed by atoms with Crippen molar-refractivity contribution in [2.75, 3.05) is 0 Å². The van der Waals surface area contributed by atoms with Crippen molar-refractivity contribution in [1.29, 1.82) is 0 Å². The minimum Gasteiger partial charge on any atom is -0.389 e. The Balaban J connectivity index is 3.91. The lowest BCUT2D eigenvalue weighted by Crippen LogP contribution is -2.27. The third-order valence-corrected chi connectivity index (χ3v) is 4.38. The first-order valence-electron chi connectivity index (χ1n) is 8.83. The maximum Gasteiger partial charge on any atom is 0.0716 e. The first kappa shape index (κ1) is 21.9. The number of rotatable bonds is 16. The summed E-state index contributed by atoms with van der Waals surface area (Å²) in [6, 6.07) is 0. The van der Waals surface area contributed by atoms with Crippen LogP contribution in [0.1, 0.15) is 70.6 Å². The van der Waals surface area contributed by atoms with Crippen LogP contribution in [0.5, 0.6) is 0 Å². The van der Waals surface area contributed by atoms with E-state index in [0.717, 1.165) is 44.9 Å². The first-order chi connectivity index (χ1) is 10.9. The molecule has 23 heavy (non-hydrogen) atoms. The Morgan fingerprint density at radius 2 is 0.783 bits per heavy atom. The molecule has 0 aromatic heterocycles. The molecule has 0 atom stereocenters. The van der Waals surface area contributed by atoms with Crippen LogP contribution in [0.15, 0.2) is 50.6 Å². The van der Waals surface area contributed by atoms with Gasteiger partial charge in [-0.1, -0.05) is 56.4 Å². The van der Waals surface area contributed by atoms with Crippen molar-refractivity contribution in [1.82, 2.24) is 0 Å². The predicted octanol–water partition coefficient (Wildman–Crippen LogP) is 5.48. The standard InChI is InChI=1S/C21H36O2/c1-5-14-20(22,15-6-2)18-12-10-9-11-13-19-21(23,16-7-3)17-8-4/h5-8,22-23H,1-4,9-19H2. The van der Waals surface area contributed by atoms with E-state index in [9.17, 15) is 10.2 Å². The molecule has 0 fully saturated rings. The molecule has 0 heterocycles. The molecule has 0 spiro atoms. The Morgan fingerprint density at radius 1 is 0.522 bits per heavy atom. The fraction of sp³-hybridized carbons (Fsp3) is 0.619. The van der Waals surface area contributed by atoms with E-state index in [-0.39, 0.29) is 0 Å². The molecule has 0 unspecified atom stereocenters. The molecule has 0 amide bonds. The average Bonchev–Trinajstić information content (AvgIpc) is 2.47. The summed E-state index contributed by atoms with van der Waals surface area (Å²) < 4.78 is 0. The zero-order chi connectivity index (χ0) is 17.6. The lowest BCUT2D eigenvalue weighted by Gasteiger charge is -2.26. The summed E-state index contributed by atoms with van der Waals surface area (Å²) in [4.78, 5) is 0. The van der Waals surface area contributed by atoms with Crippen LogP contribution in [0.3, 0.4) is 0 Å². The largest absolute Gasteiger partial charge is 0.389 e. The highest BCUT2D eigenvalue weighted by molar-refractivity contribution is 4.92. The normalized spacial score (nSPS) is 11.9. The van der Waals surface area contributed by atoms with E-state index >= 15 is 0 Å². The van der Waals surface area contributed by atoms with Gasteiger partial charge in [0.1, 0.15) is 0 Å². The topological polar surface area (TPSA) is 40.5 Å². The minimum atomic E-state index is -0.669. The maximum absolute atomic E-state index is 10.4. The molecule has 132 valence electrons. The fourth-order valence-electron chi connectivity index (χ4n) is 3.09. The molecule has 0 aliphatic rings. The van der Waals surface area contributed by atoms with E-state index in [2.05, 4.69) is 26.3 Å². The molecule has 0 bridgehead atoms. The van der Waals surface area contributed by atoms with Crippen molar-refractivity contribution in [3.05, 3.63) is 50.6 Å². The molecule has 0 radical (unpaired) electrons. The third kappa shape index (κ3) is 10.3. The van der Waals surface area contributed by atoms with Crippen molar-refractivity contribution < 1.29 is 10.2 Å². The molecule has 0 saturated heterocycles. The highest BCUT2D eigenvalue weighted by Crippen LogP contribution is 2.26. The predicted molar refractivity (Wildman–Crippen MR) is 101 cm³/mol. The summed E-state index contributed by atoms with van der Waals surface area (Å²) in [5.74, 6) is 0. The van der Waals surface area contributed by atoms with Gasteiger partial charge in [0.25, 0.3) is 0 Å². The van der Waals surface area contributed by atoms with Gasteiger partial charge in [0.05, 0.1) is 11.2 Å². The van der Waals surface area contributed by atoms with Gasteiger partial charge in [0.15, 0.2) is 0 Å². The Bertz CT molecular complexity index is 303. The van der Waals surface area contributed by atoms with Gasteiger partial charge in [0, 0.05) is 0 Å². The molecule has 2 nitrogen and oxygen atoms in total. The number of hydrogen-bond donors (Lipinski definition) is 2. The summed E-state index contributed by atoms with van der Waals surface area (Å²) in [6.45, 7) is 14.9. The second kappa shape index (κ2) is 12.3. The van der Waals surface area contributed by atoms with Crippen molar-refractivity contribution in [3.8, 4) is 0 Å². The quantitative estimate of drug-likeness (QED) is 0.292. The van der Waals surface area contributed by atoms with Gasteiger partial charge in [-0.3, -0.25) is 0 Å². The van der Waals surface area contributed by atoms with Gasteiger partial charge in [-0.05, 0) is 38.5 Å². The molecular formula is C21H36O2. The van der Waals surface area contributed by atoms with Crippen LogP contribution in [-0.4, -0.2) is 21.4 Å². The van der Waals surface area contributed by atoms with Crippen molar-refractivity contribution in [2.45, 2.75) is 81.8 Å². The molecule has 0 rings (SSSR count). The summed E-state index contributed by atoms with van der Waals surface area (Å²) >= 11 is 0. The van der Waals surface area contributed by atoms with Crippen LogP contribution in [0.4, 0.5) is 0 Å². The molecular weight excluding hydrogens is 284 g/mol. The molecule has 2 heteroatoms. The first-order valence-corrected chi connectivity index (χ1v) is 8.83. The number of unbranched alkanes of at least 4 members (excludes halogenated alkanes) is 4. The summed E-state index contributed by atoms with van der Waals surface area (Å²) in [7, 11) is 0. The summed E-state index contributed by atoms with van der Waals surface area (Å²) in [5, 5.41) is 20.9. The molecule has 0 saturated carbocycles. The van der Waals surface area contributed by atoms with Crippen LogP contribution >= 0.6 is 0 Å². The lowest BCUT2D eigenvalue weighted by atomic mass is 9.88. The van der Waals surface area contributed by atoms with Crippen LogP contribution < -0.4 is 0 Å². The molecule has 0 aromatic rings. The van der Waals surface area contributed by atoms with Gasteiger partial charge >= 0.3 is 0 Å². The van der Waals surface area contributed by atoms with Crippen molar-refractivity contribution in [3.63, 3.8) is 0 Å². The van der Waals surface area contributed by atoms with Crippen LogP contribution in [-0.2, 0) is 0 Å². The van der Waals surface area contributed by atoms with Gasteiger partial charge in [-0.15, -0.1) is 26.3 Å². The second-order valence-corrected chi connectivity index (χ2v) is 6.69. The van der Waals surface area contributed by atoms with Crippen LogP contribution in [0.2, 0.25) is 0 Å². The van der Waals surface area contributed by atoms with E-state index in [0.29, 0.717) is 25.7 Å². The molecule has 2 N–H and O–H groups in total. The van der Waals surface area contributed by atoms with Crippen molar-refractivity contribution in [2.24, 2.45) is 0 Å². The SMILES string of the molecule is C=CCC(O)(CC=C)CCCCCCCC(O)(CC=C)CC=C. The lowest BCUT2D eigenvalue weighted by molar-refractivity contribution is 0.0333. The Kier molecular flexibility index (Phi) is 11.7. The summed E-state index contributed by atoms with van der Waals surface area (Å²) in [5.41, 5.74) is -1.34. The number of hydrogen-bond acceptors (Lipinski definition) is 2. The van der Waals surface area contributed by atoms with E-state index < -0.39 is 11.2 Å². The van der Waals surface area contributed by atoms with E-state index in [4.69, 9.17) is 0 Å². The van der Waals surface area contributed by atoms with E-state index in [1.807, 2.05) is 0 Å². The maximum atomic E-state index is 10.4. The van der Waals surface area contributed by atoms with Gasteiger partial charge < -0.3 is 10.2 Å². The van der Waals surface area contributed by atoms with Gasteiger partial charge in [-0.25, -0.2) is 0 Å². The smallest absolute Gasteiger partial charge is 0.0716 e. The Labute approximate surface area is 143 Å². The molecule has 0 aliphatic heterocycles.